The molecule has 0 spiro atoms. The second-order valence-electron chi connectivity index (χ2n) is 6.14. The van der Waals surface area contributed by atoms with Gasteiger partial charge in [-0.1, -0.05) is 51.1 Å². The Morgan fingerprint density at radius 2 is 2.00 bits per heavy atom. The van der Waals surface area contributed by atoms with Crippen LogP contribution in [0.25, 0.3) is 0 Å². The Kier molecular flexibility index (Phi) is 5.24. The fraction of sp³-hybridized carbons (Fsp3) is 0.556. The van der Waals surface area contributed by atoms with E-state index in [2.05, 4.69) is 56.4 Å². The monoisotopic (exact) mass is 273 g/mol. The zero-order valence-corrected chi connectivity index (χ0v) is 13.0. The second-order valence-corrected chi connectivity index (χ2v) is 6.14. The molecule has 0 radical (unpaired) electrons. The maximum atomic E-state index is 5.57. The van der Waals surface area contributed by atoms with Crippen LogP contribution in [0.15, 0.2) is 42.2 Å². The van der Waals surface area contributed by atoms with Gasteiger partial charge in [-0.15, -0.1) is 0 Å². The van der Waals surface area contributed by atoms with Crippen molar-refractivity contribution in [3.05, 3.63) is 47.7 Å². The highest BCUT2D eigenvalue weighted by Crippen LogP contribution is 2.33. The normalized spacial score (nSPS) is 17.2. The summed E-state index contributed by atoms with van der Waals surface area (Å²) in [6, 6.07) is 11.1. The van der Waals surface area contributed by atoms with Gasteiger partial charge in [-0.25, -0.2) is 0 Å². The van der Waals surface area contributed by atoms with E-state index in [0.717, 1.165) is 32.4 Å². The molecule has 0 bridgehead atoms. The van der Waals surface area contributed by atoms with Crippen molar-refractivity contribution in [3.8, 4) is 0 Å². The molecule has 2 rings (SSSR count). The van der Waals surface area contributed by atoms with Crippen molar-refractivity contribution in [1.82, 2.24) is 5.32 Å². The SMILES string of the molecule is CCCNC(C1=COCCC1)C(C)(C)c1ccccc1. The molecule has 1 atom stereocenters. The molecule has 2 nitrogen and oxygen atoms in total. The first-order chi connectivity index (χ1) is 9.66. The van der Waals surface area contributed by atoms with Crippen molar-refractivity contribution in [3.63, 3.8) is 0 Å². The fourth-order valence-corrected chi connectivity index (χ4v) is 2.97. The van der Waals surface area contributed by atoms with Crippen molar-refractivity contribution in [2.24, 2.45) is 0 Å². The molecule has 1 heterocycles. The van der Waals surface area contributed by atoms with Crippen molar-refractivity contribution >= 4 is 0 Å². The Morgan fingerprint density at radius 3 is 2.60 bits per heavy atom. The van der Waals surface area contributed by atoms with E-state index in [9.17, 15) is 0 Å². The molecule has 1 unspecified atom stereocenters. The largest absolute Gasteiger partial charge is 0.501 e. The van der Waals surface area contributed by atoms with Crippen molar-refractivity contribution in [2.75, 3.05) is 13.2 Å². The Hall–Kier alpha value is -1.28. The average molecular weight is 273 g/mol. The molecule has 0 saturated carbocycles. The van der Waals surface area contributed by atoms with Crippen LogP contribution in [0, 0.1) is 0 Å². The molecule has 110 valence electrons. The van der Waals surface area contributed by atoms with E-state index in [1.54, 1.807) is 0 Å². The first kappa shape index (κ1) is 15.1. The lowest BCUT2D eigenvalue weighted by Gasteiger charge is -2.38. The number of nitrogens with one attached hydrogen (secondary N) is 1. The van der Waals surface area contributed by atoms with Crippen LogP contribution in [0.1, 0.15) is 45.6 Å². The molecule has 0 fully saturated rings. The van der Waals surface area contributed by atoms with Gasteiger partial charge in [0.25, 0.3) is 0 Å². The number of rotatable bonds is 6. The highest BCUT2D eigenvalue weighted by atomic mass is 16.5. The number of benzene rings is 1. The molecule has 0 amide bonds. The van der Waals surface area contributed by atoms with E-state index in [4.69, 9.17) is 4.74 Å². The molecule has 2 heteroatoms. The number of ether oxygens (including phenoxy) is 1. The zero-order valence-electron chi connectivity index (χ0n) is 13.0. The molecule has 0 aliphatic carbocycles. The topological polar surface area (TPSA) is 21.3 Å². The Labute approximate surface area is 123 Å². The molecule has 1 N–H and O–H groups in total. The molecular weight excluding hydrogens is 246 g/mol. The highest BCUT2D eigenvalue weighted by molar-refractivity contribution is 5.31. The third-order valence-electron chi connectivity index (χ3n) is 4.17. The van der Waals surface area contributed by atoms with E-state index in [-0.39, 0.29) is 5.41 Å². The Bertz CT molecular complexity index is 436. The first-order valence-electron chi connectivity index (χ1n) is 7.75. The summed E-state index contributed by atoms with van der Waals surface area (Å²) in [4.78, 5) is 0. The Balaban J connectivity index is 2.27. The average Bonchev–Trinajstić information content (AvgIpc) is 2.49. The summed E-state index contributed by atoms with van der Waals surface area (Å²) >= 11 is 0. The summed E-state index contributed by atoms with van der Waals surface area (Å²) in [6.07, 6.45) is 5.40. The van der Waals surface area contributed by atoms with Crippen LogP contribution in [-0.4, -0.2) is 19.2 Å². The molecule has 1 aromatic rings. The predicted octanol–water partition coefficient (Wildman–Crippen LogP) is 4.03. The van der Waals surface area contributed by atoms with Gasteiger partial charge in [-0.2, -0.15) is 0 Å². The second kappa shape index (κ2) is 6.94. The van der Waals surface area contributed by atoms with E-state index in [1.807, 2.05) is 6.26 Å². The van der Waals surface area contributed by atoms with E-state index in [0.29, 0.717) is 6.04 Å². The summed E-state index contributed by atoms with van der Waals surface area (Å²) in [5, 5.41) is 3.73. The van der Waals surface area contributed by atoms with Crippen LogP contribution >= 0.6 is 0 Å². The van der Waals surface area contributed by atoms with E-state index >= 15 is 0 Å². The van der Waals surface area contributed by atoms with Gasteiger partial charge >= 0.3 is 0 Å². The molecule has 20 heavy (non-hydrogen) atoms. The van der Waals surface area contributed by atoms with Crippen LogP contribution in [0.5, 0.6) is 0 Å². The van der Waals surface area contributed by atoms with Gasteiger partial charge in [0.05, 0.1) is 12.9 Å². The number of hydrogen-bond donors (Lipinski definition) is 1. The zero-order chi connectivity index (χ0) is 14.4. The minimum Gasteiger partial charge on any atom is -0.501 e. The lowest BCUT2D eigenvalue weighted by molar-refractivity contribution is 0.212. The van der Waals surface area contributed by atoms with Gasteiger partial charge in [0.15, 0.2) is 0 Å². The van der Waals surface area contributed by atoms with Gasteiger partial charge in [0.1, 0.15) is 0 Å². The highest BCUT2D eigenvalue weighted by Gasteiger charge is 2.34. The van der Waals surface area contributed by atoms with Crippen LogP contribution in [-0.2, 0) is 10.2 Å². The maximum Gasteiger partial charge on any atom is 0.0876 e. The minimum absolute atomic E-state index is 0.0585. The van der Waals surface area contributed by atoms with Crippen molar-refractivity contribution in [1.29, 1.82) is 0 Å². The van der Waals surface area contributed by atoms with Crippen molar-refractivity contribution < 1.29 is 4.74 Å². The van der Waals surface area contributed by atoms with Crippen molar-refractivity contribution in [2.45, 2.75) is 51.5 Å². The summed E-state index contributed by atoms with van der Waals surface area (Å²) < 4.78 is 5.57. The summed E-state index contributed by atoms with van der Waals surface area (Å²) in [7, 11) is 0. The van der Waals surface area contributed by atoms with Gasteiger partial charge in [0, 0.05) is 11.5 Å². The van der Waals surface area contributed by atoms with Gasteiger partial charge in [0.2, 0.25) is 0 Å². The summed E-state index contributed by atoms with van der Waals surface area (Å²) in [6.45, 7) is 8.76. The van der Waals surface area contributed by atoms with Gasteiger partial charge < -0.3 is 10.1 Å². The summed E-state index contributed by atoms with van der Waals surface area (Å²) in [5.41, 5.74) is 2.84. The van der Waals surface area contributed by atoms with E-state index in [1.165, 1.54) is 11.1 Å². The maximum absolute atomic E-state index is 5.57. The molecule has 0 saturated heterocycles. The quantitative estimate of drug-likeness (QED) is 0.845. The fourth-order valence-electron chi connectivity index (χ4n) is 2.97. The predicted molar refractivity (Wildman–Crippen MR) is 84.8 cm³/mol. The smallest absolute Gasteiger partial charge is 0.0876 e. The molecule has 1 aromatic carbocycles. The van der Waals surface area contributed by atoms with Crippen LogP contribution in [0.4, 0.5) is 0 Å². The molecule has 1 aliphatic heterocycles. The molecular formula is C18H27NO. The lowest BCUT2D eigenvalue weighted by Crippen LogP contribution is -2.47. The first-order valence-corrected chi connectivity index (χ1v) is 7.75. The third kappa shape index (κ3) is 3.43. The molecule has 0 aromatic heterocycles. The minimum atomic E-state index is 0.0585. The van der Waals surface area contributed by atoms with Crippen LogP contribution < -0.4 is 5.32 Å². The van der Waals surface area contributed by atoms with Crippen LogP contribution in [0.2, 0.25) is 0 Å². The standard InChI is InChI=1S/C18H27NO/c1-4-12-19-17(15-9-8-13-20-14-15)18(2,3)16-10-6-5-7-11-16/h5-7,10-11,14,17,19H,4,8-9,12-13H2,1-3H3. The van der Waals surface area contributed by atoms with E-state index < -0.39 is 0 Å². The number of hydrogen-bond acceptors (Lipinski definition) is 2. The van der Waals surface area contributed by atoms with Gasteiger partial charge in [-0.3, -0.25) is 0 Å². The van der Waals surface area contributed by atoms with Gasteiger partial charge in [-0.05, 0) is 36.9 Å². The molecule has 1 aliphatic rings. The Morgan fingerprint density at radius 1 is 1.25 bits per heavy atom. The third-order valence-corrected chi connectivity index (χ3v) is 4.17. The lowest BCUT2D eigenvalue weighted by atomic mass is 9.74. The summed E-state index contributed by atoms with van der Waals surface area (Å²) in [5.74, 6) is 0. The van der Waals surface area contributed by atoms with Crippen LogP contribution in [0.3, 0.4) is 0 Å².